The van der Waals surface area contributed by atoms with Crippen molar-refractivity contribution in [1.82, 2.24) is 0 Å². The van der Waals surface area contributed by atoms with E-state index in [4.69, 9.17) is 21.4 Å². The van der Waals surface area contributed by atoms with Crippen molar-refractivity contribution in [2.24, 2.45) is 0 Å². The van der Waals surface area contributed by atoms with E-state index in [2.05, 4.69) is 0 Å². The number of nitrogens with zero attached hydrogens (tertiary/aromatic N) is 1. The Balaban J connectivity index is 2.52. The van der Waals surface area contributed by atoms with Gasteiger partial charge in [0.1, 0.15) is 16.9 Å². The molecule has 0 aromatic heterocycles. The van der Waals surface area contributed by atoms with E-state index in [1.807, 2.05) is 0 Å². The molecule has 0 radical (unpaired) electrons. The Kier molecular flexibility index (Phi) is 2.66. The first kappa shape index (κ1) is 11.7. The van der Waals surface area contributed by atoms with Gasteiger partial charge >= 0.3 is 5.97 Å². The summed E-state index contributed by atoms with van der Waals surface area (Å²) in [5.41, 5.74) is 0.183. The number of allylic oxidation sites excluding steroid dienone is 4. The van der Waals surface area contributed by atoms with Gasteiger partial charge in [-0.15, -0.1) is 0 Å². The van der Waals surface area contributed by atoms with Gasteiger partial charge in [0.2, 0.25) is 0 Å². The van der Waals surface area contributed by atoms with Gasteiger partial charge in [0.15, 0.2) is 0 Å². The zero-order valence-corrected chi connectivity index (χ0v) is 9.52. The molecule has 0 saturated heterocycles. The van der Waals surface area contributed by atoms with Crippen LogP contribution in [0.3, 0.4) is 0 Å². The molecular weight excluding hydrogens is 250 g/mol. The van der Waals surface area contributed by atoms with E-state index >= 15 is 0 Å². The quantitative estimate of drug-likeness (QED) is 0.602. The molecule has 0 amide bonds. The van der Waals surface area contributed by atoms with Crippen molar-refractivity contribution >= 4 is 17.6 Å². The second-order valence-corrected chi connectivity index (χ2v) is 4.10. The fourth-order valence-electron chi connectivity index (χ4n) is 1.91. The van der Waals surface area contributed by atoms with Crippen LogP contribution in [-0.4, -0.2) is 22.1 Å². The number of fused-ring (bicyclic) bond motifs is 1. The largest absolute Gasteiger partial charge is 0.485 e. The van der Waals surface area contributed by atoms with Gasteiger partial charge in [-0.3, -0.25) is 10.1 Å². The molecule has 0 spiro atoms. The third-order valence-electron chi connectivity index (χ3n) is 2.66. The van der Waals surface area contributed by atoms with Crippen molar-refractivity contribution in [2.45, 2.75) is 19.4 Å². The molecular formula is C10H8ClNO5. The first-order chi connectivity index (χ1) is 7.91. The van der Waals surface area contributed by atoms with E-state index in [0.29, 0.717) is 11.3 Å². The van der Waals surface area contributed by atoms with Crippen LogP contribution < -0.4 is 0 Å². The third-order valence-corrected chi connectivity index (χ3v) is 2.99. The van der Waals surface area contributed by atoms with E-state index in [9.17, 15) is 14.9 Å². The fraction of sp³-hybridized carbons (Fsp3) is 0.300. The summed E-state index contributed by atoms with van der Waals surface area (Å²) < 4.78 is 5.30. The maximum absolute atomic E-state index is 11.0. The second-order valence-electron chi connectivity index (χ2n) is 3.69. The molecule has 0 fully saturated rings. The van der Waals surface area contributed by atoms with Crippen LogP contribution in [0.2, 0.25) is 0 Å². The van der Waals surface area contributed by atoms with Gasteiger partial charge in [-0.25, -0.2) is 4.79 Å². The van der Waals surface area contributed by atoms with Crippen molar-refractivity contribution in [2.75, 3.05) is 0 Å². The highest BCUT2D eigenvalue weighted by Gasteiger charge is 2.38. The van der Waals surface area contributed by atoms with E-state index in [0.717, 1.165) is 0 Å². The Morgan fingerprint density at radius 2 is 2.35 bits per heavy atom. The number of aliphatic carboxylic acids is 1. The van der Waals surface area contributed by atoms with Crippen LogP contribution in [-0.2, 0) is 9.53 Å². The summed E-state index contributed by atoms with van der Waals surface area (Å²) >= 11 is 5.73. The molecule has 1 N–H and O–H groups in total. The Morgan fingerprint density at radius 1 is 1.71 bits per heavy atom. The van der Waals surface area contributed by atoms with E-state index in [1.54, 1.807) is 6.92 Å². The lowest BCUT2D eigenvalue weighted by molar-refractivity contribution is -0.427. The van der Waals surface area contributed by atoms with Gasteiger partial charge in [0.25, 0.3) is 5.70 Å². The van der Waals surface area contributed by atoms with Gasteiger partial charge in [-0.2, -0.15) is 0 Å². The predicted molar refractivity (Wildman–Crippen MR) is 57.8 cm³/mol. The fourth-order valence-corrected chi connectivity index (χ4v) is 2.14. The molecule has 1 heterocycles. The lowest BCUT2D eigenvalue weighted by atomic mass is 9.97. The van der Waals surface area contributed by atoms with Gasteiger partial charge in [0.05, 0.1) is 16.9 Å². The Hall–Kier alpha value is -1.82. The maximum Gasteiger partial charge on any atom is 0.335 e. The SMILES string of the molecule is CC1OC2=CC(Cl)=C([N+](=O)[O-])CC2=C1C(=O)O. The molecule has 0 aromatic carbocycles. The highest BCUT2D eigenvalue weighted by Crippen LogP contribution is 2.40. The molecule has 17 heavy (non-hydrogen) atoms. The van der Waals surface area contributed by atoms with Crippen LogP contribution in [0.4, 0.5) is 0 Å². The van der Waals surface area contributed by atoms with Crippen LogP contribution in [0, 0.1) is 10.1 Å². The van der Waals surface area contributed by atoms with E-state index in [-0.39, 0.29) is 22.7 Å². The molecule has 1 atom stereocenters. The molecule has 6 nitrogen and oxygen atoms in total. The van der Waals surface area contributed by atoms with Crippen LogP contribution >= 0.6 is 11.6 Å². The number of hydrogen-bond donors (Lipinski definition) is 1. The molecule has 0 saturated carbocycles. The Bertz CT molecular complexity index is 517. The smallest absolute Gasteiger partial charge is 0.335 e. The summed E-state index contributed by atoms with van der Waals surface area (Å²) in [6, 6.07) is 0. The summed E-state index contributed by atoms with van der Waals surface area (Å²) in [5.74, 6) is -0.817. The first-order valence-electron chi connectivity index (χ1n) is 4.80. The minimum absolute atomic E-state index is 0.0208. The Morgan fingerprint density at radius 3 is 2.88 bits per heavy atom. The second kappa shape index (κ2) is 3.89. The predicted octanol–water partition coefficient (Wildman–Crippen LogP) is 1.80. The normalized spacial score (nSPS) is 23.2. The van der Waals surface area contributed by atoms with E-state index < -0.39 is 17.0 Å². The third kappa shape index (κ3) is 1.80. The molecule has 1 aliphatic heterocycles. The lowest BCUT2D eigenvalue weighted by Gasteiger charge is -2.10. The molecule has 90 valence electrons. The number of ether oxygens (including phenoxy) is 1. The average Bonchev–Trinajstić information content (AvgIpc) is 2.51. The van der Waals surface area contributed by atoms with Crippen molar-refractivity contribution < 1.29 is 19.6 Å². The number of hydrogen-bond acceptors (Lipinski definition) is 4. The summed E-state index contributed by atoms with van der Waals surface area (Å²) in [6.45, 7) is 1.58. The summed E-state index contributed by atoms with van der Waals surface area (Å²) in [6.07, 6.45) is 0.554. The molecule has 7 heteroatoms. The number of carboxylic acid groups (broad SMARTS) is 1. The lowest BCUT2D eigenvalue weighted by Crippen LogP contribution is -2.13. The van der Waals surface area contributed by atoms with Crippen LogP contribution in [0.25, 0.3) is 0 Å². The minimum atomic E-state index is -1.13. The molecule has 1 unspecified atom stereocenters. The number of rotatable bonds is 2. The van der Waals surface area contributed by atoms with Crippen LogP contribution in [0.15, 0.2) is 33.7 Å². The van der Waals surface area contributed by atoms with E-state index in [1.165, 1.54) is 6.08 Å². The molecule has 2 aliphatic rings. The average molecular weight is 258 g/mol. The topological polar surface area (TPSA) is 89.7 Å². The monoisotopic (exact) mass is 257 g/mol. The summed E-state index contributed by atoms with van der Waals surface area (Å²) in [4.78, 5) is 21.2. The first-order valence-corrected chi connectivity index (χ1v) is 5.17. The summed E-state index contributed by atoms with van der Waals surface area (Å²) in [5, 5.41) is 19.7. The van der Waals surface area contributed by atoms with Gasteiger partial charge in [-0.1, -0.05) is 11.6 Å². The van der Waals surface area contributed by atoms with Crippen molar-refractivity contribution in [3.8, 4) is 0 Å². The molecule has 1 aliphatic carbocycles. The zero-order chi connectivity index (χ0) is 12.7. The zero-order valence-electron chi connectivity index (χ0n) is 8.77. The molecule has 0 aromatic rings. The highest BCUT2D eigenvalue weighted by atomic mass is 35.5. The highest BCUT2D eigenvalue weighted by molar-refractivity contribution is 6.31. The number of carbonyl (C=O) groups is 1. The Labute approximate surface area is 101 Å². The van der Waals surface area contributed by atoms with Gasteiger partial charge in [0, 0.05) is 11.6 Å². The minimum Gasteiger partial charge on any atom is -0.485 e. The number of carboxylic acids is 1. The standard InChI is InChI=1S/C10H8ClNO5/c1-4-9(10(13)14)5-2-7(12(15)16)6(11)3-8(5)17-4/h3-4H,2H2,1H3,(H,13,14). The molecule has 2 rings (SSSR count). The maximum atomic E-state index is 11.0. The van der Waals surface area contributed by atoms with Gasteiger partial charge < -0.3 is 9.84 Å². The van der Waals surface area contributed by atoms with Crippen molar-refractivity contribution in [1.29, 1.82) is 0 Å². The number of halogens is 1. The van der Waals surface area contributed by atoms with Crippen molar-refractivity contribution in [3.05, 3.63) is 43.8 Å². The van der Waals surface area contributed by atoms with Crippen LogP contribution in [0.1, 0.15) is 13.3 Å². The van der Waals surface area contributed by atoms with Crippen molar-refractivity contribution in [3.63, 3.8) is 0 Å². The summed E-state index contributed by atoms with van der Waals surface area (Å²) in [7, 11) is 0. The molecule has 0 bridgehead atoms. The number of nitro groups is 1. The van der Waals surface area contributed by atoms with Gasteiger partial charge in [-0.05, 0) is 6.92 Å². The van der Waals surface area contributed by atoms with Crippen LogP contribution in [0.5, 0.6) is 0 Å².